The van der Waals surface area contributed by atoms with Crippen LogP contribution in [0.1, 0.15) is 46.9 Å². The summed E-state index contributed by atoms with van der Waals surface area (Å²) < 4.78 is 49.7. The highest BCUT2D eigenvalue weighted by atomic mass is 19.4. The molecule has 1 aromatic heterocycles. The van der Waals surface area contributed by atoms with Gasteiger partial charge in [0.1, 0.15) is 0 Å². The lowest BCUT2D eigenvalue weighted by atomic mass is 9.99. The SMILES string of the molecule is CN(C)NC(=O)c1nc(C2CC2)cnc1Nc1cccc(C2=CCOCC2)c1OCC(F)(F)F. The van der Waals surface area contributed by atoms with Crippen molar-refractivity contribution in [2.24, 2.45) is 0 Å². The molecule has 2 aliphatic rings. The second kappa shape index (κ2) is 9.98. The molecule has 2 N–H and O–H groups in total. The van der Waals surface area contributed by atoms with E-state index in [0.717, 1.165) is 18.4 Å². The maximum atomic E-state index is 13.0. The van der Waals surface area contributed by atoms with Crippen LogP contribution < -0.4 is 15.5 Å². The van der Waals surface area contributed by atoms with Gasteiger partial charge < -0.3 is 14.8 Å². The van der Waals surface area contributed by atoms with Crippen LogP contribution in [-0.4, -0.2) is 61.0 Å². The van der Waals surface area contributed by atoms with Crippen LogP contribution in [0.2, 0.25) is 0 Å². The van der Waals surface area contributed by atoms with Gasteiger partial charge in [0.25, 0.3) is 5.91 Å². The highest BCUT2D eigenvalue weighted by Gasteiger charge is 2.31. The van der Waals surface area contributed by atoms with Crippen molar-refractivity contribution in [2.45, 2.75) is 31.4 Å². The van der Waals surface area contributed by atoms with Gasteiger partial charge in [-0.05, 0) is 30.9 Å². The third-order valence-electron chi connectivity index (χ3n) is 5.28. The zero-order chi connectivity index (χ0) is 24.3. The molecule has 0 radical (unpaired) electrons. The minimum absolute atomic E-state index is 0.0278. The number of nitrogens with one attached hydrogen (secondary N) is 2. The minimum atomic E-state index is -4.52. The third kappa shape index (κ3) is 6.03. The quantitative estimate of drug-likeness (QED) is 0.555. The number of carbonyl (C=O) groups is 1. The zero-order valence-corrected chi connectivity index (χ0v) is 18.9. The Balaban J connectivity index is 1.72. The van der Waals surface area contributed by atoms with E-state index in [0.29, 0.717) is 30.9 Å². The highest BCUT2D eigenvalue weighted by Crippen LogP contribution is 2.41. The summed E-state index contributed by atoms with van der Waals surface area (Å²) in [5.41, 5.74) is 5.01. The molecule has 182 valence electrons. The monoisotopic (exact) mass is 477 g/mol. The summed E-state index contributed by atoms with van der Waals surface area (Å²) in [4.78, 5) is 21.7. The van der Waals surface area contributed by atoms with Crippen molar-refractivity contribution < 1.29 is 27.4 Å². The average molecular weight is 477 g/mol. The van der Waals surface area contributed by atoms with Gasteiger partial charge in [0.15, 0.2) is 23.9 Å². The maximum Gasteiger partial charge on any atom is 0.422 e. The number of aromatic nitrogens is 2. The van der Waals surface area contributed by atoms with E-state index in [9.17, 15) is 18.0 Å². The second-order valence-electron chi connectivity index (χ2n) is 8.37. The van der Waals surface area contributed by atoms with Crippen molar-refractivity contribution in [1.82, 2.24) is 20.4 Å². The number of anilines is 2. The number of para-hydroxylation sites is 1. The van der Waals surface area contributed by atoms with E-state index in [-0.39, 0.29) is 28.9 Å². The molecule has 0 spiro atoms. The second-order valence-corrected chi connectivity index (χ2v) is 8.37. The van der Waals surface area contributed by atoms with Crippen LogP contribution in [0.4, 0.5) is 24.7 Å². The summed E-state index contributed by atoms with van der Waals surface area (Å²) >= 11 is 0. The van der Waals surface area contributed by atoms with Crippen LogP contribution in [0, 0.1) is 0 Å². The van der Waals surface area contributed by atoms with Crippen LogP contribution in [0.5, 0.6) is 5.75 Å². The Bertz CT molecular complexity index is 1080. The number of alkyl halides is 3. The van der Waals surface area contributed by atoms with Gasteiger partial charge in [0, 0.05) is 25.6 Å². The lowest BCUT2D eigenvalue weighted by Gasteiger charge is -2.21. The molecule has 0 atom stereocenters. The molecule has 2 aromatic rings. The van der Waals surface area contributed by atoms with Crippen molar-refractivity contribution in [3.05, 3.63) is 47.4 Å². The molecule has 34 heavy (non-hydrogen) atoms. The number of nitrogens with zero attached hydrogens (tertiary/aromatic N) is 3. The summed E-state index contributed by atoms with van der Waals surface area (Å²) in [6.45, 7) is -0.622. The van der Waals surface area contributed by atoms with E-state index in [1.807, 2.05) is 6.08 Å². The van der Waals surface area contributed by atoms with Gasteiger partial charge >= 0.3 is 6.18 Å². The van der Waals surface area contributed by atoms with Crippen molar-refractivity contribution >= 4 is 23.0 Å². The number of hydrazine groups is 1. The van der Waals surface area contributed by atoms with Crippen LogP contribution in [0.25, 0.3) is 5.57 Å². The first-order chi connectivity index (χ1) is 16.2. The number of hydrogen-bond donors (Lipinski definition) is 2. The number of rotatable bonds is 8. The van der Waals surface area contributed by atoms with E-state index in [4.69, 9.17) is 9.47 Å². The Morgan fingerprint density at radius 3 is 2.74 bits per heavy atom. The Hall–Kier alpha value is -3.18. The topological polar surface area (TPSA) is 88.6 Å². The molecule has 4 rings (SSSR count). The molecule has 1 fully saturated rings. The number of ether oxygens (including phenoxy) is 2. The Morgan fingerprint density at radius 1 is 1.29 bits per heavy atom. The van der Waals surface area contributed by atoms with Crippen LogP contribution in [0.15, 0.2) is 30.5 Å². The predicted octanol–water partition coefficient (Wildman–Crippen LogP) is 4.05. The molecule has 11 heteroatoms. The molecule has 1 saturated carbocycles. The predicted molar refractivity (Wildman–Crippen MR) is 120 cm³/mol. The van der Waals surface area contributed by atoms with E-state index in [1.54, 1.807) is 38.5 Å². The highest BCUT2D eigenvalue weighted by molar-refractivity contribution is 5.97. The number of amides is 1. The number of halogens is 3. The van der Waals surface area contributed by atoms with Gasteiger partial charge in [0.05, 0.1) is 30.8 Å². The van der Waals surface area contributed by atoms with E-state index in [2.05, 4.69) is 20.7 Å². The Morgan fingerprint density at radius 2 is 2.09 bits per heavy atom. The van der Waals surface area contributed by atoms with Gasteiger partial charge in [-0.25, -0.2) is 15.0 Å². The van der Waals surface area contributed by atoms with Gasteiger partial charge in [-0.1, -0.05) is 18.2 Å². The number of hydrogen-bond acceptors (Lipinski definition) is 7. The summed E-state index contributed by atoms with van der Waals surface area (Å²) in [6, 6.07) is 4.99. The van der Waals surface area contributed by atoms with E-state index < -0.39 is 18.7 Å². The fourth-order valence-corrected chi connectivity index (χ4v) is 3.58. The summed E-state index contributed by atoms with van der Waals surface area (Å²) in [5.74, 6) is -0.0656. The standard InChI is InChI=1S/C23H26F3N5O3/c1-31(2)30-22(32)19-21(27-12-18(28-19)15-6-7-15)29-17-5-3-4-16(14-8-10-33-11-9-14)20(17)34-13-23(24,25)26/h3-5,8,12,15H,6-7,9-11,13H2,1-2H3,(H,27,29)(H,30,32). The minimum Gasteiger partial charge on any atom is -0.481 e. The van der Waals surface area contributed by atoms with Gasteiger partial charge in [-0.3, -0.25) is 10.2 Å². The third-order valence-corrected chi connectivity index (χ3v) is 5.28. The van der Waals surface area contributed by atoms with Crippen molar-refractivity contribution in [2.75, 3.05) is 39.2 Å². The molecular formula is C23H26F3N5O3. The molecular weight excluding hydrogens is 451 g/mol. The first-order valence-electron chi connectivity index (χ1n) is 10.9. The maximum absolute atomic E-state index is 13.0. The molecule has 0 unspecified atom stereocenters. The Kier molecular flexibility index (Phi) is 7.03. The molecule has 0 saturated heterocycles. The molecule has 1 aliphatic carbocycles. The van der Waals surface area contributed by atoms with Crippen molar-refractivity contribution in [1.29, 1.82) is 0 Å². The van der Waals surface area contributed by atoms with Gasteiger partial charge in [-0.2, -0.15) is 13.2 Å². The Labute approximate surface area is 195 Å². The first-order valence-corrected chi connectivity index (χ1v) is 10.9. The zero-order valence-electron chi connectivity index (χ0n) is 18.9. The fraction of sp³-hybridized carbons (Fsp3) is 0.435. The molecule has 8 nitrogen and oxygen atoms in total. The smallest absolute Gasteiger partial charge is 0.422 e. The van der Waals surface area contributed by atoms with E-state index in [1.165, 1.54) is 5.01 Å². The lowest BCUT2D eigenvalue weighted by Crippen LogP contribution is -2.37. The van der Waals surface area contributed by atoms with Crippen LogP contribution >= 0.6 is 0 Å². The first kappa shape index (κ1) is 24.0. The average Bonchev–Trinajstić information content (AvgIpc) is 3.63. The van der Waals surface area contributed by atoms with Crippen molar-refractivity contribution in [3.8, 4) is 5.75 Å². The summed E-state index contributed by atoms with van der Waals surface area (Å²) in [7, 11) is 3.33. The van der Waals surface area contributed by atoms with Crippen LogP contribution in [0.3, 0.4) is 0 Å². The number of benzene rings is 1. The summed E-state index contributed by atoms with van der Waals surface area (Å²) in [5, 5.41) is 4.47. The molecule has 1 aliphatic heterocycles. The van der Waals surface area contributed by atoms with Crippen LogP contribution in [-0.2, 0) is 4.74 Å². The van der Waals surface area contributed by atoms with Crippen molar-refractivity contribution in [3.63, 3.8) is 0 Å². The molecule has 2 heterocycles. The fourth-order valence-electron chi connectivity index (χ4n) is 3.58. The van der Waals surface area contributed by atoms with Gasteiger partial charge in [0.2, 0.25) is 0 Å². The van der Waals surface area contributed by atoms with Gasteiger partial charge in [-0.15, -0.1) is 0 Å². The lowest BCUT2D eigenvalue weighted by molar-refractivity contribution is -0.153. The number of carbonyl (C=O) groups excluding carboxylic acids is 1. The molecule has 0 bridgehead atoms. The molecule has 1 aromatic carbocycles. The largest absolute Gasteiger partial charge is 0.481 e. The molecule has 1 amide bonds. The summed E-state index contributed by atoms with van der Waals surface area (Å²) in [6.07, 6.45) is 1.39. The normalized spacial score (nSPS) is 16.2. The van der Waals surface area contributed by atoms with E-state index >= 15 is 0 Å².